The molecule has 3 heterocycles. The highest BCUT2D eigenvalue weighted by molar-refractivity contribution is 7.98. The summed E-state index contributed by atoms with van der Waals surface area (Å²) in [5.41, 5.74) is 3.41. The highest BCUT2D eigenvalue weighted by atomic mass is 32.2. The van der Waals surface area contributed by atoms with Crippen molar-refractivity contribution in [3.05, 3.63) is 34.9 Å². The van der Waals surface area contributed by atoms with Gasteiger partial charge >= 0.3 is 5.97 Å². The van der Waals surface area contributed by atoms with Gasteiger partial charge in [-0.2, -0.15) is 5.10 Å². The third-order valence-electron chi connectivity index (χ3n) is 3.65. The molecular formula is C15H18N4O2S. The summed E-state index contributed by atoms with van der Waals surface area (Å²) in [6.45, 7) is 2.82. The Morgan fingerprint density at radius 3 is 2.86 bits per heavy atom. The molecule has 2 aromatic heterocycles. The van der Waals surface area contributed by atoms with Crippen molar-refractivity contribution in [2.45, 2.75) is 43.6 Å². The van der Waals surface area contributed by atoms with Crippen LogP contribution in [0.4, 0.5) is 0 Å². The molecule has 0 N–H and O–H groups in total. The fourth-order valence-corrected chi connectivity index (χ4v) is 3.29. The summed E-state index contributed by atoms with van der Waals surface area (Å²) in [4.78, 5) is 20.6. The summed E-state index contributed by atoms with van der Waals surface area (Å²) >= 11 is 1.48. The molecule has 6 nitrogen and oxygen atoms in total. The van der Waals surface area contributed by atoms with E-state index in [1.807, 2.05) is 11.6 Å². The molecule has 0 radical (unpaired) electrons. The Balaban J connectivity index is 1.84. The molecule has 0 aromatic carbocycles. The first kappa shape index (κ1) is 15.0. The van der Waals surface area contributed by atoms with Crippen LogP contribution in [0, 0.1) is 6.92 Å². The van der Waals surface area contributed by atoms with Gasteiger partial charge in [-0.15, -0.1) is 0 Å². The number of thioether (sulfide) groups is 1. The standard InChI is InChI=1S/C15H18N4O2S/c1-10-7-16-15(17-8-10)22-9-11-13(14(20)21-2)12-5-3-4-6-19(12)18-11/h7-8H,3-6,9H2,1-2H3. The van der Waals surface area contributed by atoms with Gasteiger partial charge in [0.15, 0.2) is 5.16 Å². The Hall–Kier alpha value is -1.89. The van der Waals surface area contributed by atoms with Crippen LogP contribution in [0.25, 0.3) is 0 Å². The van der Waals surface area contributed by atoms with Crippen molar-refractivity contribution in [3.63, 3.8) is 0 Å². The summed E-state index contributed by atoms with van der Waals surface area (Å²) in [6, 6.07) is 0. The van der Waals surface area contributed by atoms with E-state index in [2.05, 4.69) is 15.1 Å². The van der Waals surface area contributed by atoms with Crippen molar-refractivity contribution >= 4 is 17.7 Å². The molecule has 0 fully saturated rings. The lowest BCUT2D eigenvalue weighted by atomic mass is 10.1. The third kappa shape index (κ3) is 2.99. The monoisotopic (exact) mass is 318 g/mol. The topological polar surface area (TPSA) is 69.9 Å². The maximum Gasteiger partial charge on any atom is 0.341 e. The average Bonchev–Trinajstić information content (AvgIpc) is 2.92. The number of hydrogen-bond acceptors (Lipinski definition) is 6. The van der Waals surface area contributed by atoms with Gasteiger partial charge in [0.25, 0.3) is 0 Å². The molecule has 0 bridgehead atoms. The van der Waals surface area contributed by atoms with E-state index in [1.54, 1.807) is 12.4 Å². The normalized spacial score (nSPS) is 13.7. The van der Waals surface area contributed by atoms with E-state index < -0.39 is 0 Å². The molecule has 0 spiro atoms. The van der Waals surface area contributed by atoms with Crippen LogP contribution in [0.3, 0.4) is 0 Å². The van der Waals surface area contributed by atoms with Gasteiger partial charge in [0.1, 0.15) is 5.56 Å². The summed E-state index contributed by atoms with van der Waals surface area (Å²) in [5.74, 6) is 0.261. The number of hydrogen-bond donors (Lipinski definition) is 0. The van der Waals surface area contributed by atoms with Gasteiger partial charge in [-0.1, -0.05) is 11.8 Å². The third-order valence-corrected chi connectivity index (χ3v) is 4.54. The van der Waals surface area contributed by atoms with Crippen LogP contribution in [0.1, 0.15) is 40.2 Å². The fourth-order valence-electron chi connectivity index (χ4n) is 2.57. The largest absolute Gasteiger partial charge is 0.465 e. The second-order valence-electron chi connectivity index (χ2n) is 5.27. The number of ether oxygens (including phenoxy) is 1. The molecule has 1 aliphatic rings. The molecular weight excluding hydrogens is 300 g/mol. The molecule has 0 atom stereocenters. The van der Waals surface area contributed by atoms with E-state index >= 15 is 0 Å². The minimum atomic E-state index is -0.302. The number of nitrogens with zero attached hydrogens (tertiary/aromatic N) is 4. The number of aryl methyl sites for hydroxylation is 2. The van der Waals surface area contributed by atoms with Crippen molar-refractivity contribution < 1.29 is 9.53 Å². The Bertz CT molecular complexity index is 682. The minimum Gasteiger partial charge on any atom is -0.465 e. The van der Waals surface area contributed by atoms with Gasteiger partial charge in [0.05, 0.1) is 18.5 Å². The van der Waals surface area contributed by atoms with E-state index in [1.165, 1.54) is 18.9 Å². The van der Waals surface area contributed by atoms with E-state index in [4.69, 9.17) is 4.74 Å². The van der Waals surface area contributed by atoms with Crippen LogP contribution in [0.2, 0.25) is 0 Å². The zero-order valence-electron chi connectivity index (χ0n) is 12.7. The first-order valence-electron chi connectivity index (χ1n) is 7.27. The van der Waals surface area contributed by atoms with Crippen molar-refractivity contribution in [3.8, 4) is 0 Å². The van der Waals surface area contributed by atoms with Gasteiger partial charge in [-0.05, 0) is 31.7 Å². The van der Waals surface area contributed by atoms with E-state index in [0.29, 0.717) is 16.5 Å². The maximum atomic E-state index is 12.1. The van der Waals surface area contributed by atoms with Crippen LogP contribution in [0.15, 0.2) is 17.6 Å². The predicted molar refractivity (Wildman–Crippen MR) is 82.8 cm³/mol. The molecule has 0 saturated heterocycles. The van der Waals surface area contributed by atoms with Crippen LogP contribution in [0.5, 0.6) is 0 Å². The second-order valence-corrected chi connectivity index (χ2v) is 6.21. The van der Waals surface area contributed by atoms with Gasteiger partial charge < -0.3 is 4.74 Å². The first-order chi connectivity index (χ1) is 10.7. The molecule has 3 rings (SSSR count). The Kier molecular flexibility index (Phi) is 4.42. The molecule has 0 saturated carbocycles. The number of carbonyl (C=O) groups is 1. The van der Waals surface area contributed by atoms with Gasteiger partial charge in [-0.25, -0.2) is 14.8 Å². The van der Waals surface area contributed by atoms with E-state index in [-0.39, 0.29) is 5.97 Å². The summed E-state index contributed by atoms with van der Waals surface area (Å²) < 4.78 is 6.88. The number of esters is 1. The van der Waals surface area contributed by atoms with Gasteiger partial charge in [0.2, 0.25) is 0 Å². The Morgan fingerprint density at radius 2 is 2.14 bits per heavy atom. The lowest BCUT2D eigenvalue weighted by Crippen LogP contribution is -2.14. The molecule has 1 aliphatic heterocycles. The molecule has 22 heavy (non-hydrogen) atoms. The summed E-state index contributed by atoms with van der Waals surface area (Å²) in [6.07, 6.45) is 6.64. The van der Waals surface area contributed by atoms with Crippen molar-refractivity contribution in [2.75, 3.05) is 7.11 Å². The van der Waals surface area contributed by atoms with Crippen molar-refractivity contribution in [2.24, 2.45) is 0 Å². The number of carbonyl (C=O) groups excluding carboxylic acids is 1. The van der Waals surface area contributed by atoms with Crippen LogP contribution in [-0.2, 0) is 23.5 Å². The minimum absolute atomic E-state index is 0.302. The number of rotatable bonds is 4. The SMILES string of the molecule is COC(=O)c1c(CSc2ncc(C)cn2)nn2c1CCCC2. The molecule has 0 aliphatic carbocycles. The maximum absolute atomic E-state index is 12.1. The average molecular weight is 318 g/mol. The first-order valence-corrected chi connectivity index (χ1v) is 8.26. The summed E-state index contributed by atoms with van der Waals surface area (Å²) in [7, 11) is 1.41. The van der Waals surface area contributed by atoms with Crippen LogP contribution < -0.4 is 0 Å². The molecule has 116 valence electrons. The molecule has 7 heteroatoms. The van der Waals surface area contributed by atoms with E-state index in [0.717, 1.165) is 42.8 Å². The number of aromatic nitrogens is 4. The Morgan fingerprint density at radius 1 is 1.36 bits per heavy atom. The molecule has 0 unspecified atom stereocenters. The zero-order valence-corrected chi connectivity index (χ0v) is 13.5. The molecule has 0 amide bonds. The lowest BCUT2D eigenvalue weighted by Gasteiger charge is -2.13. The fraction of sp³-hybridized carbons (Fsp3) is 0.467. The Labute approximate surface area is 133 Å². The van der Waals surface area contributed by atoms with Crippen LogP contribution in [-0.4, -0.2) is 32.8 Å². The predicted octanol–water partition coefficient (Wildman–Crippen LogP) is 2.40. The van der Waals surface area contributed by atoms with E-state index in [9.17, 15) is 4.79 Å². The number of methoxy groups -OCH3 is 1. The highest BCUT2D eigenvalue weighted by Gasteiger charge is 2.26. The summed E-state index contributed by atoms with van der Waals surface area (Å²) in [5, 5.41) is 5.28. The van der Waals surface area contributed by atoms with Gasteiger partial charge in [-0.3, -0.25) is 4.68 Å². The highest BCUT2D eigenvalue weighted by Crippen LogP contribution is 2.27. The smallest absolute Gasteiger partial charge is 0.341 e. The van der Waals surface area contributed by atoms with Crippen molar-refractivity contribution in [1.29, 1.82) is 0 Å². The second kappa shape index (κ2) is 6.48. The number of fused-ring (bicyclic) bond motifs is 1. The van der Waals surface area contributed by atoms with Gasteiger partial charge in [0, 0.05) is 24.7 Å². The van der Waals surface area contributed by atoms with Crippen LogP contribution >= 0.6 is 11.8 Å². The lowest BCUT2D eigenvalue weighted by molar-refractivity contribution is 0.0598. The molecule has 2 aromatic rings. The van der Waals surface area contributed by atoms with Crippen molar-refractivity contribution in [1.82, 2.24) is 19.7 Å². The quantitative estimate of drug-likeness (QED) is 0.490. The zero-order chi connectivity index (χ0) is 15.5.